The average Bonchev–Trinajstić information content (AvgIpc) is 3.25. The van der Waals surface area contributed by atoms with Gasteiger partial charge >= 0.3 is 0 Å². The zero-order chi connectivity index (χ0) is 42.5. The molecule has 0 aliphatic carbocycles. The van der Waals surface area contributed by atoms with Crippen molar-refractivity contribution in [3.8, 4) is 11.5 Å². The maximum absolute atomic E-state index is 7.43. The van der Waals surface area contributed by atoms with Crippen LogP contribution in [0.5, 0.6) is 11.5 Å². The molecule has 61 heavy (non-hydrogen) atoms. The number of hydrogen-bond donors (Lipinski definition) is 0. The van der Waals surface area contributed by atoms with Gasteiger partial charge in [0.05, 0.1) is 5.69 Å². The first-order valence-corrected chi connectivity index (χ1v) is 28.4. The summed E-state index contributed by atoms with van der Waals surface area (Å²) in [5.74, 6) is 2.95. The fourth-order valence-corrected chi connectivity index (χ4v) is 16.8. The van der Waals surface area contributed by atoms with Gasteiger partial charge < -0.3 is 14.5 Å². The molecule has 0 saturated heterocycles. The highest BCUT2D eigenvalue weighted by Gasteiger charge is 2.44. The molecule has 3 aliphatic rings. The number of fused-ring (bicyclic) bond motifs is 6. The second-order valence-electron chi connectivity index (χ2n) is 19.5. The van der Waals surface area contributed by atoms with Gasteiger partial charge in [-0.25, -0.2) is 0 Å². The molecule has 3 heterocycles. The summed E-state index contributed by atoms with van der Waals surface area (Å²) in [6, 6.07) is 55.4. The first kappa shape index (κ1) is 39.6. The van der Waals surface area contributed by atoms with Crippen molar-refractivity contribution >= 4 is 94.1 Å². The predicted molar refractivity (Wildman–Crippen MR) is 269 cm³/mol. The van der Waals surface area contributed by atoms with E-state index >= 15 is 0 Å². The molecule has 0 N–H and O–H groups in total. The fourth-order valence-electron chi connectivity index (χ4n) is 10.9. The van der Waals surface area contributed by atoms with Gasteiger partial charge in [0.1, 0.15) is 27.6 Å². The van der Waals surface area contributed by atoms with E-state index in [9.17, 15) is 0 Å². The molecule has 3 nitrogen and oxygen atoms in total. The zero-order valence-electron chi connectivity index (χ0n) is 37.5. The quantitative estimate of drug-likeness (QED) is 0.155. The van der Waals surface area contributed by atoms with Gasteiger partial charge in [-0.1, -0.05) is 170 Å². The van der Waals surface area contributed by atoms with Crippen molar-refractivity contribution in [2.45, 2.75) is 85.5 Å². The zero-order valence-corrected chi connectivity index (χ0v) is 39.5. The third-order valence-electron chi connectivity index (χ3n) is 14.1. The van der Waals surface area contributed by atoms with Crippen LogP contribution in [0.3, 0.4) is 0 Å². The highest BCUT2D eigenvalue weighted by molar-refractivity contribution is 7.03. The Kier molecular flexibility index (Phi) is 9.42. The van der Waals surface area contributed by atoms with Crippen LogP contribution >= 0.6 is 0 Å². The van der Waals surface area contributed by atoms with Crippen LogP contribution in [-0.2, 0) is 0 Å². The lowest BCUT2D eigenvalue weighted by Crippen LogP contribution is -2.59. The lowest BCUT2D eigenvalue weighted by molar-refractivity contribution is 0.488. The van der Waals surface area contributed by atoms with Crippen molar-refractivity contribution in [2.24, 2.45) is 0 Å². The Hall–Kier alpha value is -5.56. The molecule has 0 bridgehead atoms. The van der Waals surface area contributed by atoms with Crippen LogP contribution in [0.15, 0.2) is 146 Å². The maximum Gasteiger partial charge on any atom is 0.251 e. The van der Waals surface area contributed by atoms with Crippen molar-refractivity contribution in [2.75, 3.05) is 9.80 Å². The number of para-hydroxylation sites is 5. The molecule has 0 amide bonds. The number of anilines is 6. The highest BCUT2D eigenvalue weighted by Crippen LogP contribution is 2.45. The molecular weight excluding hydrogens is 772 g/mol. The molecular formula is C55H57BN2OSi2. The van der Waals surface area contributed by atoms with Crippen LogP contribution in [0.2, 0.25) is 26.2 Å². The van der Waals surface area contributed by atoms with E-state index in [0.29, 0.717) is 17.8 Å². The molecule has 304 valence electrons. The van der Waals surface area contributed by atoms with Crippen LogP contribution in [0, 0.1) is 0 Å². The van der Waals surface area contributed by atoms with E-state index < -0.39 is 16.1 Å². The molecule has 0 fully saturated rings. The summed E-state index contributed by atoms with van der Waals surface area (Å²) in [5, 5.41) is 5.84. The van der Waals surface area contributed by atoms with Crippen LogP contribution in [-0.4, -0.2) is 22.9 Å². The van der Waals surface area contributed by atoms with Crippen molar-refractivity contribution in [3.05, 3.63) is 162 Å². The Balaban J connectivity index is 1.26. The molecule has 7 aromatic rings. The molecule has 0 atom stereocenters. The summed E-state index contributed by atoms with van der Waals surface area (Å²) in [4.78, 5) is 5.02. The van der Waals surface area contributed by atoms with Crippen molar-refractivity contribution in [1.82, 2.24) is 0 Å². The molecule has 6 heteroatoms. The van der Waals surface area contributed by atoms with E-state index in [1.54, 1.807) is 0 Å². The Labute approximate surface area is 366 Å². The van der Waals surface area contributed by atoms with E-state index in [4.69, 9.17) is 4.74 Å². The Morgan fingerprint density at radius 3 is 1.34 bits per heavy atom. The van der Waals surface area contributed by atoms with Gasteiger partial charge in [-0.05, 0) is 115 Å². The van der Waals surface area contributed by atoms with E-state index in [1.807, 2.05) is 0 Å². The smallest absolute Gasteiger partial charge is 0.251 e. The van der Waals surface area contributed by atoms with Crippen LogP contribution in [0.25, 0.3) is 0 Å². The molecule has 0 aromatic heterocycles. The summed E-state index contributed by atoms with van der Waals surface area (Å²) < 4.78 is 7.43. The molecule has 0 unspecified atom stereocenters. The topological polar surface area (TPSA) is 15.7 Å². The fraction of sp³-hybridized carbons (Fsp3) is 0.236. The number of ether oxygens (including phenoxy) is 1. The second kappa shape index (κ2) is 14.5. The third kappa shape index (κ3) is 6.04. The van der Waals surface area contributed by atoms with Gasteiger partial charge in [0, 0.05) is 28.4 Å². The monoisotopic (exact) mass is 828 g/mol. The standard InChI is InChI=1S/C55H57BN2OSi2/c1-35(2)38-32-40(36(3)4)54(41(33-38)37(5)6)56-42-20-19-25-48(58-46-23-13-17-28-52(46)61(9,10)53-29-18-14-24-47(53)58)55(42)59-49-31-30-39(34-43(49)56)57-44-21-11-15-26-50(44)60(7,8)51-27-16-12-22-45(51)57/h11-37H,1-10H3. The minimum absolute atomic E-state index is 0.0585. The van der Waals surface area contributed by atoms with Crippen LogP contribution in [0.1, 0.15) is 76.0 Å². The second-order valence-corrected chi connectivity index (χ2v) is 28.2. The summed E-state index contributed by atoms with van der Waals surface area (Å²) in [6.45, 7) is 24.1. The van der Waals surface area contributed by atoms with Crippen LogP contribution < -0.4 is 51.7 Å². The van der Waals surface area contributed by atoms with E-state index in [0.717, 1.165) is 17.2 Å². The largest absolute Gasteiger partial charge is 0.456 e. The summed E-state index contributed by atoms with van der Waals surface area (Å²) >= 11 is 0. The van der Waals surface area contributed by atoms with Gasteiger partial charge in [-0.15, -0.1) is 0 Å². The number of rotatable bonds is 6. The Morgan fingerprint density at radius 2 is 0.885 bits per heavy atom. The summed E-state index contributed by atoms with van der Waals surface area (Å²) in [7, 11) is -3.94. The number of nitrogens with zero attached hydrogens (tertiary/aromatic N) is 2. The molecule has 7 aromatic carbocycles. The van der Waals surface area contributed by atoms with Crippen LogP contribution in [0.4, 0.5) is 34.1 Å². The van der Waals surface area contributed by atoms with E-state index in [-0.39, 0.29) is 6.71 Å². The molecule has 10 rings (SSSR count). The van der Waals surface area contributed by atoms with Crippen molar-refractivity contribution in [3.63, 3.8) is 0 Å². The first-order chi connectivity index (χ1) is 29.3. The lowest BCUT2D eigenvalue weighted by Gasteiger charge is -2.42. The summed E-state index contributed by atoms with van der Waals surface area (Å²) in [6.07, 6.45) is 0. The van der Waals surface area contributed by atoms with Gasteiger partial charge in [0.15, 0.2) is 0 Å². The Morgan fingerprint density at radius 1 is 0.443 bits per heavy atom. The first-order valence-electron chi connectivity index (χ1n) is 22.4. The van der Waals surface area contributed by atoms with E-state index in [2.05, 4.69) is 223 Å². The van der Waals surface area contributed by atoms with E-state index in [1.165, 1.54) is 82.3 Å². The minimum atomic E-state index is -1.99. The maximum atomic E-state index is 7.43. The number of hydrogen-bond acceptors (Lipinski definition) is 3. The normalized spacial score (nSPS) is 15.5. The third-order valence-corrected chi connectivity index (χ3v) is 21.2. The van der Waals surface area contributed by atoms with Gasteiger partial charge in [0.25, 0.3) is 6.71 Å². The van der Waals surface area contributed by atoms with Crippen molar-refractivity contribution < 1.29 is 4.74 Å². The molecule has 0 radical (unpaired) electrons. The Bertz CT molecular complexity index is 2750. The van der Waals surface area contributed by atoms with Gasteiger partial charge in [-0.3, -0.25) is 0 Å². The van der Waals surface area contributed by atoms with Crippen molar-refractivity contribution in [1.29, 1.82) is 0 Å². The SMILES string of the molecule is CC(C)c1cc(C(C)C)c(B2c3cc(N4c5ccccc5[Si](C)(C)c5ccccc54)ccc3Oc3c2cccc3N2c3ccccc3[Si](C)(C)c3ccccc32)c(C(C)C)c1. The predicted octanol–water partition coefficient (Wildman–Crippen LogP) is 10.9. The van der Waals surface area contributed by atoms with Gasteiger partial charge in [-0.2, -0.15) is 0 Å². The lowest BCUT2D eigenvalue weighted by atomic mass is 9.33. The highest BCUT2D eigenvalue weighted by atomic mass is 28.3. The van der Waals surface area contributed by atoms with Gasteiger partial charge in [0.2, 0.25) is 0 Å². The molecule has 0 saturated carbocycles. The average molecular weight is 829 g/mol. The number of benzene rings is 7. The summed E-state index contributed by atoms with van der Waals surface area (Å²) in [5.41, 5.74) is 15.5. The molecule has 3 aliphatic heterocycles. The molecule has 0 spiro atoms. The minimum Gasteiger partial charge on any atom is -0.456 e.